The summed E-state index contributed by atoms with van der Waals surface area (Å²) in [7, 11) is 3.09. The topological polar surface area (TPSA) is 88.1 Å². The molecule has 0 bridgehead atoms. The second-order valence-corrected chi connectivity index (χ2v) is 6.40. The van der Waals surface area contributed by atoms with Crippen molar-refractivity contribution in [3.63, 3.8) is 0 Å². The number of fused-ring (bicyclic) bond motifs is 2. The zero-order valence-corrected chi connectivity index (χ0v) is 15.9. The zero-order chi connectivity index (χ0) is 20.4. The molecule has 0 aliphatic carbocycles. The first-order chi connectivity index (χ1) is 14.1. The molecule has 0 N–H and O–H groups in total. The van der Waals surface area contributed by atoms with E-state index in [2.05, 4.69) is 0 Å². The van der Waals surface area contributed by atoms with E-state index < -0.39 is 11.3 Å². The molecule has 0 spiro atoms. The summed E-state index contributed by atoms with van der Waals surface area (Å²) >= 11 is 0. The van der Waals surface area contributed by atoms with E-state index >= 15 is 0 Å². The summed E-state index contributed by atoms with van der Waals surface area (Å²) in [4.78, 5) is 23.8. The first-order valence-corrected chi connectivity index (χ1v) is 8.86. The predicted molar refractivity (Wildman–Crippen MR) is 107 cm³/mol. The van der Waals surface area contributed by atoms with Gasteiger partial charge in [0.2, 0.25) is 0 Å². The highest BCUT2D eigenvalue weighted by atomic mass is 16.5. The molecule has 0 unspecified atom stereocenters. The Hall–Kier alpha value is -3.58. The van der Waals surface area contributed by atoms with Crippen LogP contribution < -0.4 is 20.7 Å². The van der Waals surface area contributed by atoms with Crippen molar-refractivity contribution in [3.8, 4) is 11.5 Å². The van der Waals surface area contributed by atoms with Crippen molar-refractivity contribution in [2.75, 3.05) is 14.2 Å². The molecule has 0 saturated heterocycles. The van der Waals surface area contributed by atoms with Crippen LogP contribution in [0.5, 0.6) is 11.5 Å². The van der Waals surface area contributed by atoms with Gasteiger partial charge >= 0.3 is 11.3 Å². The number of methoxy groups -OCH3 is 2. The van der Waals surface area contributed by atoms with Gasteiger partial charge in [-0.15, -0.1) is 0 Å². The molecule has 0 fully saturated rings. The van der Waals surface area contributed by atoms with Gasteiger partial charge in [-0.25, -0.2) is 9.59 Å². The minimum Gasteiger partial charge on any atom is -0.497 e. The summed E-state index contributed by atoms with van der Waals surface area (Å²) in [5.41, 5.74) is 1.28. The average Bonchev–Trinajstić information content (AvgIpc) is 2.72. The van der Waals surface area contributed by atoms with Gasteiger partial charge in [-0.05, 0) is 35.4 Å². The van der Waals surface area contributed by atoms with Crippen LogP contribution in [0.4, 0.5) is 0 Å². The number of hydrogen-bond donors (Lipinski definition) is 0. The Balaban J connectivity index is 1.61. The van der Waals surface area contributed by atoms with Crippen molar-refractivity contribution in [2.45, 2.75) is 13.2 Å². The number of hydrogen-bond acceptors (Lipinski definition) is 7. The van der Waals surface area contributed by atoms with Crippen molar-refractivity contribution in [3.05, 3.63) is 80.5 Å². The molecule has 7 heteroatoms. The third kappa shape index (κ3) is 3.86. The van der Waals surface area contributed by atoms with E-state index in [-0.39, 0.29) is 13.2 Å². The summed E-state index contributed by atoms with van der Waals surface area (Å²) < 4.78 is 26.7. The molecule has 148 valence electrons. The fourth-order valence-electron chi connectivity index (χ4n) is 3.18. The maximum Gasteiger partial charge on any atom is 0.336 e. The number of benzene rings is 2. The Kier molecular flexibility index (Phi) is 5.05. The number of ether oxygens (including phenoxy) is 3. The van der Waals surface area contributed by atoms with Crippen molar-refractivity contribution in [2.24, 2.45) is 0 Å². The Morgan fingerprint density at radius 3 is 1.55 bits per heavy atom. The van der Waals surface area contributed by atoms with Gasteiger partial charge in [-0.1, -0.05) is 0 Å². The summed E-state index contributed by atoms with van der Waals surface area (Å²) in [5, 5.41) is 1.51. The van der Waals surface area contributed by atoms with Crippen molar-refractivity contribution in [1.29, 1.82) is 0 Å². The summed E-state index contributed by atoms with van der Waals surface area (Å²) in [6.07, 6.45) is 0. The lowest BCUT2D eigenvalue weighted by atomic mass is 10.1. The standard InChI is InChI=1S/C22H18O7/c1-25-15-3-5-17-13(7-21(23)28-19(17)9-15)11-27-12-14-8-22(24)29-20-10-16(26-2)4-6-18(14)20/h3-10H,11-12H2,1-2H3. The van der Waals surface area contributed by atoms with E-state index in [1.54, 1.807) is 38.5 Å². The predicted octanol–water partition coefficient (Wildman–Crippen LogP) is 3.63. The normalized spacial score (nSPS) is 11.1. The van der Waals surface area contributed by atoms with Gasteiger partial charge in [0.05, 0.1) is 27.4 Å². The van der Waals surface area contributed by atoms with Crippen LogP contribution in [0.1, 0.15) is 11.1 Å². The molecule has 0 aliphatic rings. The average molecular weight is 394 g/mol. The van der Waals surface area contributed by atoms with Gasteiger partial charge in [0.25, 0.3) is 0 Å². The van der Waals surface area contributed by atoms with E-state index in [1.807, 2.05) is 12.1 Å². The fourth-order valence-corrected chi connectivity index (χ4v) is 3.18. The summed E-state index contributed by atoms with van der Waals surface area (Å²) in [6.45, 7) is 0.346. The Labute approximate surface area is 165 Å². The maximum atomic E-state index is 11.9. The van der Waals surface area contributed by atoms with Gasteiger partial charge in [0.1, 0.15) is 22.7 Å². The molecule has 0 atom stereocenters. The molecular weight excluding hydrogens is 376 g/mol. The molecular formula is C22H18O7. The van der Waals surface area contributed by atoms with Crippen LogP contribution in [-0.4, -0.2) is 14.2 Å². The monoisotopic (exact) mass is 394 g/mol. The first kappa shape index (κ1) is 18.8. The SMILES string of the molecule is COc1ccc2c(COCc3cc(=O)oc4cc(OC)ccc34)cc(=O)oc2c1. The summed E-state index contributed by atoms with van der Waals surface area (Å²) in [5.74, 6) is 1.19. The first-order valence-electron chi connectivity index (χ1n) is 8.86. The molecule has 0 saturated carbocycles. The Bertz CT molecular complexity index is 1200. The van der Waals surface area contributed by atoms with E-state index in [1.165, 1.54) is 12.1 Å². The fraction of sp³-hybridized carbons (Fsp3) is 0.182. The minimum absolute atomic E-state index is 0.173. The molecule has 2 aromatic heterocycles. The molecule has 4 rings (SSSR count). The lowest BCUT2D eigenvalue weighted by Gasteiger charge is -2.10. The molecule has 29 heavy (non-hydrogen) atoms. The van der Waals surface area contributed by atoms with Crippen molar-refractivity contribution < 1.29 is 23.0 Å². The lowest BCUT2D eigenvalue weighted by molar-refractivity contribution is 0.108. The van der Waals surface area contributed by atoms with E-state index in [4.69, 9.17) is 23.0 Å². The number of rotatable bonds is 6. The largest absolute Gasteiger partial charge is 0.497 e. The van der Waals surface area contributed by atoms with Crippen molar-refractivity contribution >= 4 is 21.9 Å². The molecule has 0 aliphatic heterocycles. The minimum atomic E-state index is -0.470. The van der Waals surface area contributed by atoms with Crippen LogP contribution in [0.3, 0.4) is 0 Å². The van der Waals surface area contributed by atoms with Crippen LogP contribution in [0.2, 0.25) is 0 Å². The second-order valence-electron chi connectivity index (χ2n) is 6.40. The molecule has 4 aromatic rings. The maximum absolute atomic E-state index is 11.9. The van der Waals surface area contributed by atoms with Crippen LogP contribution in [0.15, 0.2) is 67.0 Å². The Morgan fingerprint density at radius 2 is 1.14 bits per heavy atom. The summed E-state index contributed by atoms with van der Waals surface area (Å²) in [6, 6.07) is 13.3. The van der Waals surface area contributed by atoms with E-state index in [0.29, 0.717) is 33.8 Å². The van der Waals surface area contributed by atoms with Crippen LogP contribution in [0, 0.1) is 0 Å². The van der Waals surface area contributed by atoms with Gasteiger partial charge in [0.15, 0.2) is 0 Å². The second kappa shape index (κ2) is 7.81. The molecule has 0 amide bonds. The van der Waals surface area contributed by atoms with Crippen molar-refractivity contribution in [1.82, 2.24) is 0 Å². The molecule has 2 heterocycles. The highest BCUT2D eigenvalue weighted by molar-refractivity contribution is 5.82. The molecule has 2 aromatic carbocycles. The van der Waals surface area contributed by atoms with Gasteiger partial charge < -0.3 is 23.0 Å². The lowest BCUT2D eigenvalue weighted by Crippen LogP contribution is -2.05. The highest BCUT2D eigenvalue weighted by Crippen LogP contribution is 2.25. The van der Waals surface area contributed by atoms with Gasteiger partial charge in [0, 0.05) is 35.0 Å². The van der Waals surface area contributed by atoms with Crippen LogP contribution in [-0.2, 0) is 18.0 Å². The van der Waals surface area contributed by atoms with E-state index in [0.717, 1.165) is 10.8 Å². The quantitative estimate of drug-likeness (QED) is 0.461. The zero-order valence-electron chi connectivity index (χ0n) is 15.9. The van der Waals surface area contributed by atoms with Crippen LogP contribution in [0.25, 0.3) is 21.9 Å². The third-order valence-corrected chi connectivity index (χ3v) is 4.59. The van der Waals surface area contributed by atoms with Crippen LogP contribution >= 0.6 is 0 Å². The van der Waals surface area contributed by atoms with E-state index in [9.17, 15) is 9.59 Å². The molecule has 7 nitrogen and oxygen atoms in total. The third-order valence-electron chi connectivity index (χ3n) is 4.59. The smallest absolute Gasteiger partial charge is 0.336 e. The van der Waals surface area contributed by atoms with Gasteiger partial charge in [-0.3, -0.25) is 0 Å². The Morgan fingerprint density at radius 1 is 0.690 bits per heavy atom. The molecule has 0 radical (unpaired) electrons. The highest BCUT2D eigenvalue weighted by Gasteiger charge is 2.10. The van der Waals surface area contributed by atoms with Gasteiger partial charge in [-0.2, -0.15) is 0 Å².